The third kappa shape index (κ3) is 4.31. The van der Waals surface area contributed by atoms with Crippen molar-refractivity contribution in [1.29, 1.82) is 0 Å². The SMILES string of the molecule is COCCn1c(SCc2cc(C(=O)OC)c(C)o2)nc2ccc(Br)cc2c1=O. The second kappa shape index (κ2) is 8.93. The number of fused-ring (bicyclic) bond motifs is 1. The number of hydrogen-bond acceptors (Lipinski definition) is 7. The van der Waals surface area contributed by atoms with Crippen LogP contribution >= 0.6 is 27.7 Å². The Balaban J connectivity index is 1.94. The zero-order chi connectivity index (χ0) is 20.3. The minimum absolute atomic E-state index is 0.128. The fraction of sp³-hybridized carbons (Fsp3) is 0.316. The van der Waals surface area contributed by atoms with Crippen molar-refractivity contribution in [1.82, 2.24) is 9.55 Å². The molecule has 0 fully saturated rings. The molecule has 0 amide bonds. The van der Waals surface area contributed by atoms with Gasteiger partial charge in [-0.05, 0) is 31.2 Å². The van der Waals surface area contributed by atoms with E-state index in [1.165, 1.54) is 18.9 Å². The maximum atomic E-state index is 13.0. The normalized spacial score (nSPS) is 11.1. The van der Waals surface area contributed by atoms with E-state index in [4.69, 9.17) is 13.9 Å². The van der Waals surface area contributed by atoms with Gasteiger partial charge in [-0.1, -0.05) is 27.7 Å². The number of hydrogen-bond donors (Lipinski definition) is 0. The van der Waals surface area contributed by atoms with Crippen LogP contribution in [0.1, 0.15) is 21.9 Å². The number of aromatic nitrogens is 2. The molecule has 3 aromatic rings. The standard InChI is InChI=1S/C19H19BrN2O5S/c1-11-14(18(24)26-3)9-13(27-11)10-28-19-21-16-5-4-12(20)8-15(16)17(23)22(19)6-7-25-2/h4-5,8-9H,6-7,10H2,1-3H3. The quantitative estimate of drug-likeness (QED) is 0.297. The van der Waals surface area contributed by atoms with Gasteiger partial charge in [-0.3, -0.25) is 9.36 Å². The molecule has 0 saturated carbocycles. The van der Waals surface area contributed by atoms with E-state index < -0.39 is 5.97 Å². The maximum Gasteiger partial charge on any atom is 0.341 e. The average molecular weight is 467 g/mol. The van der Waals surface area contributed by atoms with Gasteiger partial charge in [0.05, 0.1) is 36.9 Å². The minimum Gasteiger partial charge on any atom is -0.465 e. The first-order chi connectivity index (χ1) is 13.4. The lowest BCUT2D eigenvalue weighted by atomic mass is 10.2. The van der Waals surface area contributed by atoms with Crippen molar-refractivity contribution in [3.05, 3.63) is 56.2 Å². The fourth-order valence-electron chi connectivity index (χ4n) is 2.73. The monoisotopic (exact) mass is 466 g/mol. The van der Waals surface area contributed by atoms with Gasteiger partial charge >= 0.3 is 5.97 Å². The molecular formula is C19H19BrN2O5S. The zero-order valence-electron chi connectivity index (χ0n) is 15.7. The molecule has 0 bridgehead atoms. The molecule has 9 heteroatoms. The number of carbonyl (C=O) groups is 1. The van der Waals surface area contributed by atoms with Gasteiger partial charge in [0.1, 0.15) is 17.1 Å². The van der Waals surface area contributed by atoms with E-state index in [9.17, 15) is 9.59 Å². The highest BCUT2D eigenvalue weighted by Gasteiger charge is 2.17. The number of nitrogens with zero attached hydrogens (tertiary/aromatic N) is 2. The fourth-order valence-corrected chi connectivity index (χ4v) is 3.99. The van der Waals surface area contributed by atoms with Crippen molar-refractivity contribution in [2.75, 3.05) is 20.8 Å². The summed E-state index contributed by atoms with van der Waals surface area (Å²) >= 11 is 4.76. The summed E-state index contributed by atoms with van der Waals surface area (Å²) in [6.45, 7) is 2.49. The minimum atomic E-state index is -0.441. The molecule has 28 heavy (non-hydrogen) atoms. The van der Waals surface area contributed by atoms with Crippen LogP contribution in [0.2, 0.25) is 0 Å². The molecule has 0 unspecified atom stereocenters. The molecule has 0 atom stereocenters. The summed E-state index contributed by atoms with van der Waals surface area (Å²) in [5.74, 6) is 1.07. The van der Waals surface area contributed by atoms with Crippen LogP contribution in [-0.2, 0) is 21.8 Å². The Labute approximate surface area is 174 Å². The first-order valence-corrected chi connectivity index (χ1v) is 10.2. The molecular weight excluding hydrogens is 448 g/mol. The van der Waals surface area contributed by atoms with Crippen molar-refractivity contribution in [2.45, 2.75) is 24.4 Å². The van der Waals surface area contributed by atoms with Crippen LogP contribution in [0.3, 0.4) is 0 Å². The van der Waals surface area contributed by atoms with Crippen molar-refractivity contribution < 1.29 is 18.7 Å². The number of carbonyl (C=O) groups excluding carboxylic acids is 1. The Morgan fingerprint density at radius 2 is 2.11 bits per heavy atom. The second-order valence-electron chi connectivity index (χ2n) is 5.97. The second-order valence-corrected chi connectivity index (χ2v) is 7.83. The molecule has 0 saturated heterocycles. The highest BCUT2D eigenvalue weighted by molar-refractivity contribution is 9.10. The van der Waals surface area contributed by atoms with Gasteiger partial charge in [-0.15, -0.1) is 0 Å². The Hall–Kier alpha value is -2.10. The number of methoxy groups -OCH3 is 2. The van der Waals surface area contributed by atoms with Crippen LogP contribution in [0.5, 0.6) is 0 Å². The molecule has 148 valence electrons. The molecule has 7 nitrogen and oxygen atoms in total. The Bertz CT molecular complexity index is 1080. The first-order valence-electron chi connectivity index (χ1n) is 8.44. The van der Waals surface area contributed by atoms with Crippen molar-refractivity contribution in [3.63, 3.8) is 0 Å². The number of rotatable bonds is 7. The summed E-state index contributed by atoms with van der Waals surface area (Å²) in [6, 6.07) is 7.07. The summed E-state index contributed by atoms with van der Waals surface area (Å²) in [4.78, 5) is 29.3. The number of furan rings is 1. The van der Waals surface area contributed by atoms with Crippen LogP contribution in [0.4, 0.5) is 0 Å². The smallest absolute Gasteiger partial charge is 0.341 e. The molecule has 0 aliphatic heterocycles. The topological polar surface area (TPSA) is 83.6 Å². The molecule has 1 aromatic carbocycles. The van der Waals surface area contributed by atoms with Crippen LogP contribution in [-0.4, -0.2) is 36.3 Å². The number of esters is 1. The van der Waals surface area contributed by atoms with Gasteiger partial charge in [0.2, 0.25) is 0 Å². The zero-order valence-corrected chi connectivity index (χ0v) is 18.1. The van der Waals surface area contributed by atoms with Gasteiger partial charge in [-0.2, -0.15) is 0 Å². The lowest BCUT2D eigenvalue weighted by Gasteiger charge is -2.12. The molecule has 0 radical (unpaired) electrons. The van der Waals surface area contributed by atoms with E-state index in [-0.39, 0.29) is 5.56 Å². The van der Waals surface area contributed by atoms with E-state index in [1.54, 1.807) is 36.8 Å². The Morgan fingerprint density at radius 3 is 2.82 bits per heavy atom. The summed E-state index contributed by atoms with van der Waals surface area (Å²) in [7, 11) is 2.91. The highest BCUT2D eigenvalue weighted by atomic mass is 79.9. The van der Waals surface area contributed by atoms with Gasteiger partial charge in [-0.25, -0.2) is 9.78 Å². The van der Waals surface area contributed by atoms with Gasteiger partial charge in [0.15, 0.2) is 5.16 Å². The number of ether oxygens (including phenoxy) is 2. The van der Waals surface area contributed by atoms with Crippen molar-refractivity contribution in [2.24, 2.45) is 0 Å². The average Bonchev–Trinajstić information content (AvgIpc) is 3.06. The number of benzene rings is 1. The van der Waals surface area contributed by atoms with E-state index in [0.29, 0.717) is 52.0 Å². The molecule has 0 aliphatic rings. The predicted molar refractivity (Wildman–Crippen MR) is 110 cm³/mol. The number of thioether (sulfide) groups is 1. The van der Waals surface area contributed by atoms with Crippen LogP contribution in [0.15, 0.2) is 43.1 Å². The summed E-state index contributed by atoms with van der Waals surface area (Å²) in [6.07, 6.45) is 0. The lowest BCUT2D eigenvalue weighted by molar-refractivity contribution is 0.0599. The van der Waals surface area contributed by atoms with Crippen LogP contribution in [0.25, 0.3) is 10.9 Å². The largest absolute Gasteiger partial charge is 0.465 e. The summed E-state index contributed by atoms with van der Waals surface area (Å²) in [5, 5.41) is 1.10. The number of halogens is 1. The first kappa shape index (κ1) is 20.6. The Kier molecular flexibility index (Phi) is 6.58. The van der Waals surface area contributed by atoms with E-state index in [0.717, 1.165) is 4.47 Å². The molecule has 0 aliphatic carbocycles. The van der Waals surface area contributed by atoms with Gasteiger partial charge in [0.25, 0.3) is 5.56 Å². The molecule has 0 spiro atoms. The van der Waals surface area contributed by atoms with E-state index >= 15 is 0 Å². The van der Waals surface area contributed by atoms with Gasteiger partial charge < -0.3 is 13.9 Å². The van der Waals surface area contributed by atoms with Crippen LogP contribution in [0, 0.1) is 6.92 Å². The van der Waals surface area contributed by atoms with Gasteiger partial charge in [0, 0.05) is 11.6 Å². The molecule has 2 aromatic heterocycles. The predicted octanol–water partition coefficient (Wildman–Crippen LogP) is 3.79. The van der Waals surface area contributed by atoms with E-state index in [2.05, 4.69) is 20.9 Å². The van der Waals surface area contributed by atoms with E-state index in [1.807, 2.05) is 6.07 Å². The van der Waals surface area contributed by atoms with Crippen LogP contribution < -0.4 is 5.56 Å². The maximum absolute atomic E-state index is 13.0. The number of aryl methyl sites for hydroxylation is 1. The molecule has 0 N–H and O–H groups in total. The molecule has 3 rings (SSSR count). The summed E-state index contributed by atoms with van der Waals surface area (Å²) in [5.41, 5.74) is 0.887. The van der Waals surface area contributed by atoms with Crippen molar-refractivity contribution >= 4 is 44.6 Å². The third-order valence-corrected chi connectivity index (χ3v) is 5.61. The Morgan fingerprint density at radius 1 is 1.32 bits per heavy atom. The van der Waals surface area contributed by atoms with Crippen molar-refractivity contribution in [3.8, 4) is 0 Å². The lowest BCUT2D eigenvalue weighted by Crippen LogP contribution is -2.25. The summed E-state index contributed by atoms with van der Waals surface area (Å²) < 4.78 is 17.9. The third-order valence-electron chi connectivity index (χ3n) is 4.12. The highest BCUT2D eigenvalue weighted by Crippen LogP contribution is 2.26. The molecule has 2 heterocycles.